The van der Waals surface area contributed by atoms with E-state index in [4.69, 9.17) is 11.6 Å². The first kappa shape index (κ1) is 9.93. The second-order valence-corrected chi connectivity index (χ2v) is 2.83. The van der Waals surface area contributed by atoms with Crippen LogP contribution < -0.4 is 0 Å². The molecule has 0 spiro atoms. The molecule has 0 N–H and O–H groups in total. The quantitative estimate of drug-likeness (QED) is 0.728. The van der Waals surface area contributed by atoms with E-state index in [9.17, 15) is 9.18 Å². The minimum Gasteiger partial charge on any atom is -0.291 e. The first-order valence-electron chi connectivity index (χ1n) is 3.70. The predicted octanol–water partition coefficient (Wildman–Crippen LogP) is 2.99. The van der Waals surface area contributed by atoms with Gasteiger partial charge in [-0.05, 0) is 17.7 Å². The number of rotatable bonds is 3. The minimum absolute atomic E-state index is 0.0964. The summed E-state index contributed by atoms with van der Waals surface area (Å²) >= 11 is 5.48. The van der Waals surface area contributed by atoms with E-state index in [2.05, 4.69) is 0 Å². The molecule has 0 amide bonds. The third kappa shape index (κ3) is 2.99. The zero-order chi connectivity index (χ0) is 9.68. The molecule has 67 valence electrons. The van der Waals surface area contributed by atoms with Crippen LogP contribution in [0.15, 0.2) is 24.3 Å². The molecule has 0 aliphatic carbocycles. The monoisotopic (exact) mass is 197 g/mol. The summed E-state index contributed by atoms with van der Waals surface area (Å²) < 4.78 is 12.8. The average Bonchev–Trinajstić information content (AvgIpc) is 2.12. The molecule has 1 nitrogen and oxygen atoms in total. The first-order chi connectivity index (χ1) is 6.24. The van der Waals surface area contributed by atoms with Crippen molar-refractivity contribution in [2.45, 2.75) is 6.42 Å². The van der Waals surface area contributed by atoms with Crippen molar-refractivity contribution in [2.75, 3.05) is 0 Å². The van der Waals surface area contributed by atoms with Crippen molar-refractivity contribution in [3.8, 4) is 0 Å². The fraction of sp³-hybridized carbons (Fsp3) is 0.100. The molecule has 13 heavy (non-hydrogen) atoms. The van der Waals surface area contributed by atoms with E-state index < -0.39 is 5.82 Å². The molecule has 0 saturated carbocycles. The highest BCUT2D eigenvalue weighted by molar-refractivity contribution is 6.30. The molecule has 0 fully saturated rings. The number of hydrogen-bond donors (Lipinski definition) is 0. The number of carbonyl (C=O) groups excluding carboxylic acids is 1. The number of allylic oxidation sites excluding steroid dienone is 1. The van der Waals surface area contributed by atoms with Gasteiger partial charge in [0.1, 0.15) is 5.82 Å². The van der Waals surface area contributed by atoms with Crippen LogP contribution in [-0.4, -0.2) is 6.29 Å². The van der Waals surface area contributed by atoms with Crippen LogP contribution in [0.1, 0.15) is 12.0 Å². The van der Waals surface area contributed by atoms with Crippen molar-refractivity contribution < 1.29 is 9.18 Å². The van der Waals surface area contributed by atoms with Gasteiger partial charge in [0.05, 0.1) is 5.02 Å². The SMILES string of the molecule is O=[C]C/C=C/c1ccc(Cl)c(F)c1. The van der Waals surface area contributed by atoms with E-state index in [0.29, 0.717) is 5.56 Å². The highest BCUT2D eigenvalue weighted by Crippen LogP contribution is 2.16. The lowest BCUT2D eigenvalue weighted by molar-refractivity contribution is 0.556. The van der Waals surface area contributed by atoms with Gasteiger partial charge in [0, 0.05) is 6.42 Å². The Balaban J connectivity index is 2.79. The van der Waals surface area contributed by atoms with E-state index in [1.807, 2.05) is 0 Å². The van der Waals surface area contributed by atoms with Gasteiger partial charge in [0.2, 0.25) is 6.29 Å². The van der Waals surface area contributed by atoms with Crippen LogP contribution in [0, 0.1) is 5.82 Å². The second kappa shape index (κ2) is 4.77. The van der Waals surface area contributed by atoms with E-state index in [-0.39, 0.29) is 11.4 Å². The van der Waals surface area contributed by atoms with Crippen LogP contribution in [-0.2, 0) is 4.79 Å². The van der Waals surface area contributed by atoms with Crippen LogP contribution in [0.25, 0.3) is 6.08 Å². The largest absolute Gasteiger partial charge is 0.291 e. The smallest absolute Gasteiger partial charge is 0.202 e. The summed E-state index contributed by atoms with van der Waals surface area (Å²) in [4.78, 5) is 9.84. The Labute approximate surface area is 80.8 Å². The standard InChI is InChI=1S/C10H7ClFO/c11-9-5-4-8(7-10(9)12)3-1-2-6-13/h1,3-5,7H,2H2/b3-1+. The number of hydrogen-bond acceptors (Lipinski definition) is 1. The van der Waals surface area contributed by atoms with E-state index in [0.717, 1.165) is 0 Å². The first-order valence-corrected chi connectivity index (χ1v) is 4.08. The summed E-state index contributed by atoms with van der Waals surface area (Å²) in [6.45, 7) is 0. The molecular weight excluding hydrogens is 191 g/mol. The summed E-state index contributed by atoms with van der Waals surface area (Å²) in [6, 6.07) is 4.46. The van der Waals surface area contributed by atoms with Crippen LogP contribution in [0.3, 0.4) is 0 Å². The zero-order valence-electron chi connectivity index (χ0n) is 6.76. The zero-order valence-corrected chi connectivity index (χ0v) is 7.51. The Bertz CT molecular complexity index is 334. The van der Waals surface area contributed by atoms with E-state index in [1.54, 1.807) is 24.5 Å². The Hall–Kier alpha value is -1.15. The lowest BCUT2D eigenvalue weighted by Crippen LogP contribution is -1.78. The summed E-state index contributed by atoms with van der Waals surface area (Å²) in [5.41, 5.74) is 0.678. The normalized spacial score (nSPS) is 10.6. The summed E-state index contributed by atoms with van der Waals surface area (Å²) in [7, 11) is 0. The molecule has 0 atom stereocenters. The van der Waals surface area contributed by atoms with Gasteiger partial charge in [0.15, 0.2) is 0 Å². The van der Waals surface area contributed by atoms with Gasteiger partial charge >= 0.3 is 0 Å². The molecule has 1 radical (unpaired) electrons. The molecule has 1 rings (SSSR count). The minimum atomic E-state index is -0.459. The number of halogens is 2. The lowest BCUT2D eigenvalue weighted by atomic mass is 10.2. The van der Waals surface area contributed by atoms with E-state index in [1.165, 1.54) is 12.1 Å². The highest BCUT2D eigenvalue weighted by Gasteiger charge is 1.97. The van der Waals surface area contributed by atoms with Gasteiger partial charge in [-0.25, -0.2) is 4.39 Å². The highest BCUT2D eigenvalue weighted by atomic mass is 35.5. The van der Waals surface area contributed by atoms with Crippen LogP contribution in [0.5, 0.6) is 0 Å². The summed E-state index contributed by atoms with van der Waals surface area (Å²) in [5, 5.41) is 0.0964. The van der Waals surface area contributed by atoms with Crippen LogP contribution in [0.2, 0.25) is 5.02 Å². The maximum atomic E-state index is 12.8. The fourth-order valence-electron chi connectivity index (χ4n) is 0.859. The van der Waals surface area contributed by atoms with Gasteiger partial charge in [-0.1, -0.05) is 29.8 Å². The molecule has 0 aliphatic heterocycles. The van der Waals surface area contributed by atoms with Crippen LogP contribution >= 0.6 is 11.6 Å². The van der Waals surface area contributed by atoms with Gasteiger partial charge in [-0.2, -0.15) is 0 Å². The Morgan fingerprint density at radius 2 is 2.31 bits per heavy atom. The van der Waals surface area contributed by atoms with Crippen molar-refractivity contribution in [1.82, 2.24) is 0 Å². The van der Waals surface area contributed by atoms with Gasteiger partial charge in [-0.3, -0.25) is 4.79 Å². The van der Waals surface area contributed by atoms with Crippen molar-refractivity contribution in [3.63, 3.8) is 0 Å². The molecule has 1 aromatic rings. The molecule has 1 aromatic carbocycles. The maximum absolute atomic E-state index is 12.8. The topological polar surface area (TPSA) is 17.1 Å². The maximum Gasteiger partial charge on any atom is 0.202 e. The van der Waals surface area contributed by atoms with E-state index >= 15 is 0 Å². The molecular formula is C10H7ClFO. The van der Waals surface area contributed by atoms with Crippen LogP contribution in [0.4, 0.5) is 4.39 Å². The average molecular weight is 198 g/mol. The Kier molecular flexibility index (Phi) is 3.65. The van der Waals surface area contributed by atoms with Gasteiger partial charge in [-0.15, -0.1) is 0 Å². The molecule has 0 saturated heterocycles. The number of benzene rings is 1. The van der Waals surface area contributed by atoms with Crippen molar-refractivity contribution in [1.29, 1.82) is 0 Å². The van der Waals surface area contributed by atoms with Crippen molar-refractivity contribution in [3.05, 3.63) is 40.7 Å². The molecule has 0 heterocycles. The third-order valence-electron chi connectivity index (χ3n) is 1.46. The molecule has 0 unspecified atom stereocenters. The molecule has 0 aromatic heterocycles. The Morgan fingerprint density at radius 1 is 1.54 bits per heavy atom. The molecule has 0 bridgehead atoms. The molecule has 0 aliphatic rings. The van der Waals surface area contributed by atoms with Gasteiger partial charge in [0.25, 0.3) is 0 Å². The Morgan fingerprint density at radius 3 is 2.92 bits per heavy atom. The van der Waals surface area contributed by atoms with Gasteiger partial charge < -0.3 is 0 Å². The lowest BCUT2D eigenvalue weighted by Gasteiger charge is -1.95. The third-order valence-corrected chi connectivity index (χ3v) is 1.76. The second-order valence-electron chi connectivity index (χ2n) is 2.42. The summed E-state index contributed by atoms with van der Waals surface area (Å²) in [5.74, 6) is -0.459. The fourth-order valence-corrected chi connectivity index (χ4v) is 0.977. The molecule has 3 heteroatoms. The van der Waals surface area contributed by atoms with Crippen molar-refractivity contribution in [2.24, 2.45) is 0 Å². The van der Waals surface area contributed by atoms with Crippen molar-refractivity contribution >= 4 is 24.0 Å². The summed E-state index contributed by atoms with van der Waals surface area (Å²) in [6.07, 6.45) is 5.17. The predicted molar refractivity (Wildman–Crippen MR) is 50.8 cm³/mol.